The van der Waals surface area contributed by atoms with Gasteiger partial charge in [0.25, 0.3) is 0 Å². The van der Waals surface area contributed by atoms with Crippen LogP contribution >= 0.6 is 11.6 Å². The molecule has 1 unspecified atom stereocenters. The van der Waals surface area contributed by atoms with Crippen molar-refractivity contribution >= 4 is 11.6 Å². The summed E-state index contributed by atoms with van der Waals surface area (Å²) in [5, 5.41) is 3.55. The molecule has 1 aromatic rings. The van der Waals surface area contributed by atoms with Gasteiger partial charge in [0, 0.05) is 30.3 Å². The molecule has 1 atom stereocenters. The highest BCUT2D eigenvalue weighted by Crippen LogP contribution is 2.28. The van der Waals surface area contributed by atoms with Gasteiger partial charge in [0.15, 0.2) is 0 Å². The van der Waals surface area contributed by atoms with E-state index in [0.29, 0.717) is 17.2 Å². The Balaban J connectivity index is 2.78. The minimum Gasteiger partial charge on any atom is -0.385 e. The van der Waals surface area contributed by atoms with Crippen LogP contribution in [0, 0.1) is 5.82 Å². The summed E-state index contributed by atoms with van der Waals surface area (Å²) in [6.07, 6.45) is 1.66. The fourth-order valence-electron chi connectivity index (χ4n) is 1.71. The molecule has 1 rings (SSSR count). The summed E-state index contributed by atoms with van der Waals surface area (Å²) in [7, 11) is 3.46. The van der Waals surface area contributed by atoms with E-state index < -0.39 is 0 Å². The van der Waals surface area contributed by atoms with Crippen molar-refractivity contribution in [3.8, 4) is 0 Å². The second-order valence-electron chi connectivity index (χ2n) is 3.61. The van der Waals surface area contributed by atoms with E-state index in [2.05, 4.69) is 5.32 Å². The fourth-order valence-corrected chi connectivity index (χ4v) is 2.00. The van der Waals surface area contributed by atoms with Gasteiger partial charge in [-0.1, -0.05) is 17.7 Å². The summed E-state index contributed by atoms with van der Waals surface area (Å²) < 4.78 is 18.6. The molecule has 0 amide bonds. The minimum atomic E-state index is -0.260. The maximum atomic E-state index is 13.6. The first-order chi connectivity index (χ1) is 7.70. The second kappa shape index (κ2) is 6.84. The lowest BCUT2D eigenvalue weighted by molar-refractivity contribution is 0.189. The Bertz CT molecular complexity index is 313. The van der Waals surface area contributed by atoms with E-state index >= 15 is 0 Å². The first-order valence-electron chi connectivity index (χ1n) is 5.30. The molecule has 0 aliphatic rings. The number of ether oxygens (including phenoxy) is 1. The number of methoxy groups -OCH3 is 1. The first-order valence-corrected chi connectivity index (χ1v) is 5.68. The monoisotopic (exact) mass is 245 g/mol. The Morgan fingerprint density at radius 3 is 2.81 bits per heavy atom. The minimum absolute atomic E-state index is 0.0659. The Morgan fingerprint density at radius 1 is 1.50 bits per heavy atom. The highest BCUT2D eigenvalue weighted by atomic mass is 35.5. The van der Waals surface area contributed by atoms with Crippen LogP contribution in [-0.2, 0) is 4.74 Å². The predicted octanol–water partition coefficient (Wildman–Crippen LogP) is 3.17. The molecule has 1 N–H and O–H groups in total. The predicted molar refractivity (Wildman–Crippen MR) is 64.3 cm³/mol. The molecule has 0 fully saturated rings. The van der Waals surface area contributed by atoms with Gasteiger partial charge in [-0.05, 0) is 32.0 Å². The van der Waals surface area contributed by atoms with Crippen LogP contribution in [0.3, 0.4) is 0 Å². The average molecular weight is 246 g/mol. The van der Waals surface area contributed by atoms with Crippen molar-refractivity contribution in [2.45, 2.75) is 18.9 Å². The Morgan fingerprint density at radius 2 is 2.25 bits per heavy atom. The van der Waals surface area contributed by atoms with E-state index in [1.807, 2.05) is 0 Å². The third kappa shape index (κ3) is 3.44. The smallest absolute Gasteiger partial charge is 0.129 e. The molecule has 4 heteroatoms. The average Bonchev–Trinajstić information content (AvgIpc) is 2.26. The number of hydrogen-bond acceptors (Lipinski definition) is 2. The molecule has 0 spiro atoms. The zero-order chi connectivity index (χ0) is 12.0. The van der Waals surface area contributed by atoms with E-state index in [0.717, 1.165) is 12.8 Å². The van der Waals surface area contributed by atoms with Crippen molar-refractivity contribution in [1.82, 2.24) is 5.32 Å². The van der Waals surface area contributed by atoms with Crippen LogP contribution in [0.2, 0.25) is 5.02 Å². The molecular formula is C12H17ClFNO. The summed E-state index contributed by atoms with van der Waals surface area (Å²) in [4.78, 5) is 0. The van der Waals surface area contributed by atoms with Crippen molar-refractivity contribution in [3.05, 3.63) is 34.6 Å². The topological polar surface area (TPSA) is 21.3 Å². The summed E-state index contributed by atoms with van der Waals surface area (Å²) in [5.74, 6) is -0.260. The van der Waals surface area contributed by atoms with Gasteiger partial charge in [-0.2, -0.15) is 0 Å². The molecule has 0 aromatic heterocycles. The SMILES string of the molecule is CNC(CCCOC)c1c(F)cccc1Cl. The lowest BCUT2D eigenvalue weighted by atomic mass is 10.0. The largest absolute Gasteiger partial charge is 0.385 e. The highest BCUT2D eigenvalue weighted by Gasteiger charge is 2.16. The number of benzene rings is 1. The number of hydrogen-bond donors (Lipinski definition) is 1. The van der Waals surface area contributed by atoms with Crippen LogP contribution in [0.5, 0.6) is 0 Å². The van der Waals surface area contributed by atoms with Crippen molar-refractivity contribution in [3.63, 3.8) is 0 Å². The quantitative estimate of drug-likeness (QED) is 0.778. The molecule has 0 heterocycles. The maximum absolute atomic E-state index is 13.6. The molecule has 90 valence electrons. The van der Waals surface area contributed by atoms with Crippen LogP contribution in [0.15, 0.2) is 18.2 Å². The normalized spacial score (nSPS) is 12.8. The van der Waals surface area contributed by atoms with Crippen molar-refractivity contribution in [1.29, 1.82) is 0 Å². The van der Waals surface area contributed by atoms with Gasteiger partial charge in [-0.25, -0.2) is 4.39 Å². The Labute approximate surface area is 101 Å². The van der Waals surface area contributed by atoms with Crippen LogP contribution in [0.4, 0.5) is 4.39 Å². The van der Waals surface area contributed by atoms with E-state index in [9.17, 15) is 4.39 Å². The van der Waals surface area contributed by atoms with E-state index in [1.165, 1.54) is 6.07 Å². The Kier molecular flexibility index (Phi) is 5.74. The van der Waals surface area contributed by atoms with E-state index in [4.69, 9.17) is 16.3 Å². The van der Waals surface area contributed by atoms with Gasteiger partial charge < -0.3 is 10.1 Å². The van der Waals surface area contributed by atoms with Gasteiger partial charge in [-0.3, -0.25) is 0 Å². The van der Waals surface area contributed by atoms with E-state index in [1.54, 1.807) is 26.3 Å². The lowest BCUT2D eigenvalue weighted by Crippen LogP contribution is -2.18. The molecule has 0 bridgehead atoms. The van der Waals surface area contributed by atoms with Crippen LogP contribution in [0.1, 0.15) is 24.4 Å². The van der Waals surface area contributed by atoms with Gasteiger partial charge in [0.1, 0.15) is 5.82 Å². The zero-order valence-corrected chi connectivity index (χ0v) is 10.4. The third-order valence-corrected chi connectivity index (χ3v) is 2.87. The van der Waals surface area contributed by atoms with Crippen LogP contribution in [-0.4, -0.2) is 20.8 Å². The second-order valence-corrected chi connectivity index (χ2v) is 4.02. The van der Waals surface area contributed by atoms with Crippen LogP contribution in [0.25, 0.3) is 0 Å². The van der Waals surface area contributed by atoms with E-state index in [-0.39, 0.29) is 11.9 Å². The van der Waals surface area contributed by atoms with Gasteiger partial charge >= 0.3 is 0 Å². The summed E-state index contributed by atoms with van der Waals surface area (Å²) in [6, 6.07) is 4.69. The number of nitrogens with one attached hydrogen (secondary N) is 1. The van der Waals surface area contributed by atoms with Gasteiger partial charge in [0.05, 0.1) is 0 Å². The summed E-state index contributed by atoms with van der Waals surface area (Å²) in [5.41, 5.74) is 0.544. The van der Waals surface area contributed by atoms with Gasteiger partial charge in [0.2, 0.25) is 0 Å². The third-order valence-electron chi connectivity index (χ3n) is 2.54. The molecule has 0 aliphatic carbocycles. The van der Waals surface area contributed by atoms with Crippen molar-refractivity contribution in [2.75, 3.05) is 20.8 Å². The lowest BCUT2D eigenvalue weighted by Gasteiger charge is -2.18. The molecule has 2 nitrogen and oxygen atoms in total. The van der Waals surface area contributed by atoms with Gasteiger partial charge in [-0.15, -0.1) is 0 Å². The summed E-state index contributed by atoms with van der Waals surface area (Å²) in [6.45, 7) is 0.671. The number of rotatable bonds is 6. The molecule has 0 saturated carbocycles. The fraction of sp³-hybridized carbons (Fsp3) is 0.500. The maximum Gasteiger partial charge on any atom is 0.129 e. The molecule has 0 saturated heterocycles. The molecular weight excluding hydrogens is 229 g/mol. The van der Waals surface area contributed by atoms with Crippen molar-refractivity contribution in [2.24, 2.45) is 0 Å². The highest BCUT2D eigenvalue weighted by molar-refractivity contribution is 6.31. The zero-order valence-electron chi connectivity index (χ0n) is 9.59. The standard InChI is InChI=1S/C12H17ClFNO/c1-15-11(7-4-8-16-2)12-9(13)5-3-6-10(12)14/h3,5-6,11,15H,4,7-8H2,1-2H3. The molecule has 1 aromatic carbocycles. The number of halogens is 2. The summed E-state index contributed by atoms with van der Waals surface area (Å²) >= 11 is 6.00. The molecule has 0 aliphatic heterocycles. The van der Waals surface area contributed by atoms with Crippen LogP contribution < -0.4 is 5.32 Å². The van der Waals surface area contributed by atoms with Crippen molar-refractivity contribution < 1.29 is 9.13 Å². The Hall–Kier alpha value is -0.640. The molecule has 16 heavy (non-hydrogen) atoms. The molecule has 0 radical (unpaired) electrons. The first kappa shape index (κ1) is 13.4.